The molecule has 6 heteroatoms. The highest BCUT2D eigenvalue weighted by molar-refractivity contribution is 5.37. The molecular formula is C13H23N5O. The summed E-state index contributed by atoms with van der Waals surface area (Å²) in [5.41, 5.74) is 0. The van der Waals surface area contributed by atoms with Crippen LogP contribution in [0.1, 0.15) is 40.5 Å². The molecule has 0 bridgehead atoms. The van der Waals surface area contributed by atoms with Gasteiger partial charge in [0.15, 0.2) is 0 Å². The number of hydrogen-bond donors (Lipinski definition) is 2. The molecule has 106 valence electrons. The molecule has 1 heterocycles. The normalized spacial score (nSPS) is 21.3. The zero-order valence-electron chi connectivity index (χ0n) is 12.1. The van der Waals surface area contributed by atoms with Crippen molar-refractivity contribution in [3.63, 3.8) is 0 Å². The van der Waals surface area contributed by atoms with Crippen LogP contribution in [0, 0.1) is 5.92 Å². The van der Waals surface area contributed by atoms with Gasteiger partial charge in [-0.25, -0.2) is 0 Å². The van der Waals surface area contributed by atoms with Gasteiger partial charge in [0.25, 0.3) is 0 Å². The van der Waals surface area contributed by atoms with Gasteiger partial charge in [0, 0.05) is 12.6 Å². The summed E-state index contributed by atoms with van der Waals surface area (Å²) in [6.45, 7) is 9.06. The van der Waals surface area contributed by atoms with Crippen molar-refractivity contribution in [2.45, 2.75) is 52.7 Å². The Hall–Kier alpha value is -1.59. The number of aromatic nitrogens is 3. The van der Waals surface area contributed by atoms with Crippen LogP contribution in [0.3, 0.4) is 0 Å². The Morgan fingerprint density at radius 3 is 2.53 bits per heavy atom. The van der Waals surface area contributed by atoms with Crippen molar-refractivity contribution in [3.8, 4) is 6.01 Å². The maximum atomic E-state index is 5.56. The van der Waals surface area contributed by atoms with Crippen molar-refractivity contribution in [2.75, 3.05) is 17.2 Å². The van der Waals surface area contributed by atoms with Crippen molar-refractivity contribution in [1.29, 1.82) is 0 Å². The summed E-state index contributed by atoms with van der Waals surface area (Å²) < 4.78 is 5.56. The maximum absolute atomic E-state index is 5.56. The summed E-state index contributed by atoms with van der Waals surface area (Å²) in [6.07, 6.45) is 2.24. The molecular weight excluding hydrogens is 242 g/mol. The van der Waals surface area contributed by atoms with Crippen molar-refractivity contribution in [3.05, 3.63) is 0 Å². The minimum Gasteiger partial charge on any atom is -0.461 e. The number of ether oxygens (including phenoxy) is 1. The molecule has 0 saturated heterocycles. The van der Waals surface area contributed by atoms with Gasteiger partial charge in [-0.3, -0.25) is 0 Å². The van der Waals surface area contributed by atoms with E-state index >= 15 is 0 Å². The average molecular weight is 265 g/mol. The van der Waals surface area contributed by atoms with Crippen LogP contribution in [-0.2, 0) is 0 Å². The summed E-state index contributed by atoms with van der Waals surface area (Å²) >= 11 is 0. The Labute approximate surface area is 114 Å². The van der Waals surface area contributed by atoms with E-state index in [0.717, 1.165) is 13.0 Å². The Balaban J connectivity index is 2.10. The lowest BCUT2D eigenvalue weighted by Gasteiger charge is -2.11. The van der Waals surface area contributed by atoms with Gasteiger partial charge in [-0.05, 0) is 32.6 Å². The van der Waals surface area contributed by atoms with Gasteiger partial charge >= 0.3 is 6.01 Å². The van der Waals surface area contributed by atoms with Gasteiger partial charge in [0.05, 0.1) is 6.10 Å². The number of rotatable bonds is 7. The molecule has 0 amide bonds. The largest absolute Gasteiger partial charge is 0.461 e. The van der Waals surface area contributed by atoms with Gasteiger partial charge < -0.3 is 15.4 Å². The molecule has 1 aliphatic carbocycles. The zero-order valence-corrected chi connectivity index (χ0v) is 12.1. The van der Waals surface area contributed by atoms with Gasteiger partial charge in [0.1, 0.15) is 0 Å². The van der Waals surface area contributed by atoms with E-state index in [1.807, 2.05) is 13.8 Å². The molecule has 19 heavy (non-hydrogen) atoms. The molecule has 0 aromatic carbocycles. The first-order valence-electron chi connectivity index (χ1n) is 7.01. The number of nitrogens with one attached hydrogen (secondary N) is 2. The Kier molecular flexibility index (Phi) is 4.39. The molecule has 1 aliphatic rings. The third-order valence-corrected chi connectivity index (χ3v) is 2.91. The van der Waals surface area contributed by atoms with Gasteiger partial charge in [-0.1, -0.05) is 13.8 Å². The van der Waals surface area contributed by atoms with E-state index in [9.17, 15) is 0 Å². The molecule has 2 unspecified atom stereocenters. The highest BCUT2D eigenvalue weighted by Gasteiger charge is 2.33. The highest BCUT2D eigenvalue weighted by atomic mass is 16.5. The molecule has 1 aromatic rings. The standard InChI is InChI=1S/C13H23N5O/c1-5-6-14-11-16-12(15-10-7-9(10)4)18-13(17-11)19-8(2)3/h8-10H,5-7H2,1-4H3,(H2,14,15,16,17,18). The van der Waals surface area contributed by atoms with E-state index in [-0.39, 0.29) is 6.10 Å². The van der Waals surface area contributed by atoms with Gasteiger partial charge in [-0.15, -0.1) is 0 Å². The second-order valence-electron chi connectivity index (χ2n) is 5.32. The summed E-state index contributed by atoms with van der Waals surface area (Å²) in [5.74, 6) is 1.86. The van der Waals surface area contributed by atoms with Crippen LogP contribution >= 0.6 is 0 Å². The number of anilines is 2. The van der Waals surface area contributed by atoms with Crippen molar-refractivity contribution in [2.24, 2.45) is 5.92 Å². The maximum Gasteiger partial charge on any atom is 0.323 e. The quantitative estimate of drug-likeness (QED) is 0.788. The molecule has 2 atom stereocenters. The summed E-state index contributed by atoms with van der Waals surface area (Å²) in [6, 6.07) is 0.854. The van der Waals surface area contributed by atoms with Gasteiger partial charge in [0.2, 0.25) is 11.9 Å². The Bertz CT molecular complexity index is 423. The van der Waals surface area contributed by atoms with Gasteiger partial charge in [-0.2, -0.15) is 15.0 Å². The lowest BCUT2D eigenvalue weighted by molar-refractivity contribution is 0.222. The molecule has 1 fully saturated rings. The molecule has 6 nitrogen and oxygen atoms in total. The molecule has 1 saturated carbocycles. The summed E-state index contributed by atoms with van der Waals surface area (Å²) in [5, 5.41) is 6.48. The average Bonchev–Trinajstić information content (AvgIpc) is 3.01. The van der Waals surface area contributed by atoms with Crippen LogP contribution in [0.4, 0.5) is 11.9 Å². The molecule has 0 spiro atoms. The minimum absolute atomic E-state index is 0.0501. The van der Waals surface area contributed by atoms with Crippen LogP contribution in [0.15, 0.2) is 0 Å². The molecule has 1 aromatic heterocycles. The SMILES string of the molecule is CCCNc1nc(NC2CC2C)nc(OC(C)C)n1. The fourth-order valence-electron chi connectivity index (χ4n) is 1.69. The topological polar surface area (TPSA) is 72.0 Å². The summed E-state index contributed by atoms with van der Waals surface area (Å²) in [4.78, 5) is 12.9. The number of nitrogens with zero attached hydrogens (tertiary/aromatic N) is 3. The monoisotopic (exact) mass is 265 g/mol. The lowest BCUT2D eigenvalue weighted by Crippen LogP contribution is -2.15. The number of hydrogen-bond acceptors (Lipinski definition) is 6. The van der Waals surface area contributed by atoms with Crippen LogP contribution in [0.2, 0.25) is 0 Å². The van der Waals surface area contributed by atoms with Crippen LogP contribution in [0.5, 0.6) is 6.01 Å². The smallest absolute Gasteiger partial charge is 0.323 e. The Morgan fingerprint density at radius 1 is 1.26 bits per heavy atom. The predicted octanol–water partition coefficient (Wildman–Crippen LogP) is 2.30. The fraction of sp³-hybridized carbons (Fsp3) is 0.769. The third kappa shape index (κ3) is 4.22. The van der Waals surface area contributed by atoms with Crippen LogP contribution in [0.25, 0.3) is 0 Å². The fourth-order valence-corrected chi connectivity index (χ4v) is 1.69. The Morgan fingerprint density at radius 2 is 1.95 bits per heavy atom. The van der Waals surface area contributed by atoms with E-state index in [1.165, 1.54) is 6.42 Å². The first-order chi connectivity index (χ1) is 9.08. The van der Waals surface area contributed by atoms with Crippen molar-refractivity contribution >= 4 is 11.9 Å². The van der Waals surface area contributed by atoms with E-state index in [1.54, 1.807) is 0 Å². The molecule has 2 N–H and O–H groups in total. The molecule has 2 rings (SSSR count). The first kappa shape index (κ1) is 13.8. The second-order valence-corrected chi connectivity index (χ2v) is 5.32. The van der Waals surface area contributed by atoms with Crippen LogP contribution in [-0.4, -0.2) is 33.6 Å². The van der Waals surface area contributed by atoms with E-state index in [0.29, 0.717) is 29.9 Å². The second kappa shape index (κ2) is 6.04. The third-order valence-electron chi connectivity index (χ3n) is 2.91. The van der Waals surface area contributed by atoms with E-state index in [4.69, 9.17) is 4.74 Å². The van der Waals surface area contributed by atoms with Crippen LogP contribution < -0.4 is 15.4 Å². The molecule has 0 aliphatic heterocycles. The first-order valence-corrected chi connectivity index (χ1v) is 7.01. The zero-order chi connectivity index (χ0) is 13.8. The lowest BCUT2D eigenvalue weighted by atomic mass is 10.5. The van der Waals surface area contributed by atoms with E-state index in [2.05, 4.69) is 39.4 Å². The minimum atomic E-state index is 0.0501. The highest BCUT2D eigenvalue weighted by Crippen LogP contribution is 2.32. The molecule has 0 radical (unpaired) electrons. The predicted molar refractivity (Wildman–Crippen MR) is 75.6 cm³/mol. The van der Waals surface area contributed by atoms with E-state index < -0.39 is 0 Å². The van der Waals surface area contributed by atoms with Crippen molar-refractivity contribution < 1.29 is 4.74 Å². The van der Waals surface area contributed by atoms with Crippen molar-refractivity contribution in [1.82, 2.24) is 15.0 Å². The summed E-state index contributed by atoms with van der Waals surface area (Å²) in [7, 11) is 0.